The van der Waals surface area contributed by atoms with Gasteiger partial charge in [0.1, 0.15) is 12.4 Å². The number of hydrogen-bond acceptors (Lipinski definition) is 3. The highest BCUT2D eigenvalue weighted by Crippen LogP contribution is 2.26. The minimum atomic E-state index is -0.793. The molecule has 0 amide bonds. The number of benzene rings is 1. The van der Waals surface area contributed by atoms with Gasteiger partial charge >= 0.3 is 0 Å². The molecule has 0 fully saturated rings. The lowest BCUT2D eigenvalue weighted by Crippen LogP contribution is -2.31. The van der Waals surface area contributed by atoms with Crippen LogP contribution in [-0.4, -0.2) is 17.3 Å². The molecule has 1 unspecified atom stereocenters. The molecule has 96 valence electrons. The Morgan fingerprint density at radius 1 is 1.47 bits per heavy atom. The molecule has 0 aliphatic carbocycles. The van der Waals surface area contributed by atoms with Crippen LogP contribution in [0.1, 0.15) is 44.4 Å². The maximum absolute atomic E-state index is 9.93. The van der Waals surface area contributed by atoms with Crippen molar-refractivity contribution in [1.82, 2.24) is 0 Å². The van der Waals surface area contributed by atoms with Gasteiger partial charge in [-0.25, -0.2) is 0 Å². The number of rotatable bonds is 5. The third-order valence-corrected chi connectivity index (χ3v) is 2.96. The molecule has 0 saturated carbocycles. The summed E-state index contributed by atoms with van der Waals surface area (Å²) in [5, 5.41) is 9.93. The molecule has 2 atom stereocenters. The van der Waals surface area contributed by atoms with Crippen molar-refractivity contribution >= 4 is 0 Å². The molecule has 1 aromatic carbocycles. The molecule has 0 aliphatic rings. The number of nitrogens with two attached hydrogens (primary N) is 1. The van der Waals surface area contributed by atoms with Crippen LogP contribution in [0.2, 0.25) is 0 Å². The lowest BCUT2D eigenvalue weighted by molar-refractivity contribution is 0.00808. The molecule has 0 spiro atoms. The van der Waals surface area contributed by atoms with Gasteiger partial charge in [0, 0.05) is 11.6 Å². The Morgan fingerprint density at radius 3 is 2.65 bits per heavy atom. The number of aliphatic hydroxyl groups is 1. The molecule has 3 heteroatoms. The Morgan fingerprint density at radius 2 is 2.12 bits per heavy atom. The largest absolute Gasteiger partial charge is 0.490 e. The van der Waals surface area contributed by atoms with Crippen LogP contribution in [0.3, 0.4) is 0 Å². The monoisotopic (exact) mass is 237 g/mol. The van der Waals surface area contributed by atoms with Crippen molar-refractivity contribution in [2.45, 2.75) is 45.8 Å². The van der Waals surface area contributed by atoms with Crippen molar-refractivity contribution in [3.05, 3.63) is 29.3 Å². The Balaban J connectivity index is 2.85. The van der Waals surface area contributed by atoms with Crippen LogP contribution in [0, 0.1) is 6.92 Å². The van der Waals surface area contributed by atoms with Crippen LogP contribution in [0.5, 0.6) is 5.75 Å². The molecule has 0 radical (unpaired) electrons. The average molecular weight is 237 g/mol. The summed E-state index contributed by atoms with van der Waals surface area (Å²) in [6.45, 7) is 7.93. The van der Waals surface area contributed by atoms with Crippen molar-refractivity contribution in [1.29, 1.82) is 0 Å². The van der Waals surface area contributed by atoms with Crippen LogP contribution >= 0.6 is 0 Å². The summed E-state index contributed by atoms with van der Waals surface area (Å²) >= 11 is 0. The van der Waals surface area contributed by atoms with Gasteiger partial charge in [-0.1, -0.05) is 19.1 Å². The fourth-order valence-corrected chi connectivity index (χ4v) is 1.48. The van der Waals surface area contributed by atoms with Crippen LogP contribution < -0.4 is 10.5 Å². The lowest BCUT2D eigenvalue weighted by atomic mass is 10.0. The highest BCUT2D eigenvalue weighted by molar-refractivity contribution is 5.39. The smallest absolute Gasteiger partial charge is 0.124 e. The van der Waals surface area contributed by atoms with Gasteiger partial charge in [-0.3, -0.25) is 0 Å². The quantitative estimate of drug-likeness (QED) is 0.827. The van der Waals surface area contributed by atoms with E-state index >= 15 is 0 Å². The van der Waals surface area contributed by atoms with Crippen molar-refractivity contribution in [3.63, 3.8) is 0 Å². The third kappa shape index (κ3) is 4.02. The van der Waals surface area contributed by atoms with E-state index < -0.39 is 5.60 Å². The van der Waals surface area contributed by atoms with Crippen LogP contribution in [0.15, 0.2) is 18.2 Å². The first-order valence-electron chi connectivity index (χ1n) is 6.07. The van der Waals surface area contributed by atoms with Gasteiger partial charge in [-0.2, -0.15) is 0 Å². The number of aryl methyl sites for hydroxylation is 1. The Kier molecular flexibility index (Phi) is 4.54. The third-order valence-electron chi connectivity index (χ3n) is 2.96. The van der Waals surface area contributed by atoms with Crippen LogP contribution in [0.25, 0.3) is 0 Å². The van der Waals surface area contributed by atoms with E-state index in [0.29, 0.717) is 6.42 Å². The van der Waals surface area contributed by atoms with Gasteiger partial charge < -0.3 is 15.6 Å². The molecule has 0 aliphatic heterocycles. The molecule has 0 aromatic heterocycles. The molecule has 0 saturated heterocycles. The highest BCUT2D eigenvalue weighted by Gasteiger charge is 2.19. The van der Waals surface area contributed by atoms with E-state index in [0.717, 1.165) is 16.9 Å². The van der Waals surface area contributed by atoms with Gasteiger partial charge in [0.25, 0.3) is 0 Å². The van der Waals surface area contributed by atoms with Gasteiger partial charge in [-0.15, -0.1) is 0 Å². The summed E-state index contributed by atoms with van der Waals surface area (Å²) in [4.78, 5) is 0. The van der Waals surface area contributed by atoms with E-state index in [9.17, 15) is 5.11 Å². The predicted octanol–water partition coefficient (Wildman–Crippen LogP) is 2.55. The van der Waals surface area contributed by atoms with Gasteiger partial charge in [0.15, 0.2) is 0 Å². The zero-order valence-electron chi connectivity index (χ0n) is 11.2. The summed E-state index contributed by atoms with van der Waals surface area (Å²) in [7, 11) is 0. The summed E-state index contributed by atoms with van der Waals surface area (Å²) < 4.78 is 5.70. The number of hydrogen-bond donors (Lipinski definition) is 2. The molecule has 3 N–H and O–H groups in total. The molecule has 1 rings (SSSR count). The first-order chi connectivity index (χ1) is 7.85. The van der Waals surface area contributed by atoms with E-state index in [1.54, 1.807) is 6.92 Å². The fraction of sp³-hybridized carbons (Fsp3) is 0.571. The first-order valence-corrected chi connectivity index (χ1v) is 6.07. The molecular weight excluding hydrogens is 214 g/mol. The second kappa shape index (κ2) is 5.52. The van der Waals surface area contributed by atoms with E-state index in [-0.39, 0.29) is 12.6 Å². The Bertz CT molecular complexity index is 372. The predicted molar refractivity (Wildman–Crippen MR) is 70.2 cm³/mol. The topological polar surface area (TPSA) is 55.5 Å². The maximum atomic E-state index is 9.93. The summed E-state index contributed by atoms with van der Waals surface area (Å²) in [5.41, 5.74) is 7.20. The van der Waals surface area contributed by atoms with Crippen molar-refractivity contribution in [2.75, 3.05) is 6.61 Å². The summed E-state index contributed by atoms with van der Waals surface area (Å²) in [6.07, 6.45) is 0.659. The average Bonchev–Trinajstić information content (AvgIpc) is 2.26. The minimum absolute atomic E-state index is 0.0721. The van der Waals surface area contributed by atoms with E-state index in [1.165, 1.54) is 0 Å². The van der Waals surface area contributed by atoms with Crippen molar-refractivity contribution in [2.24, 2.45) is 5.73 Å². The molecule has 0 heterocycles. The second-order valence-electron chi connectivity index (χ2n) is 4.97. The van der Waals surface area contributed by atoms with Gasteiger partial charge in [0.2, 0.25) is 0 Å². The number of ether oxygens (including phenoxy) is 1. The van der Waals surface area contributed by atoms with E-state index in [1.807, 2.05) is 39.0 Å². The van der Waals surface area contributed by atoms with Gasteiger partial charge in [0.05, 0.1) is 5.60 Å². The standard InChI is InChI=1S/C14H23NO2/c1-5-14(4,16)9-17-13-8-10(2)6-7-12(13)11(3)15/h6-8,11,16H,5,9,15H2,1-4H3/t11-,14?/m0/s1. The summed E-state index contributed by atoms with van der Waals surface area (Å²) in [6, 6.07) is 5.89. The first kappa shape index (κ1) is 14.0. The maximum Gasteiger partial charge on any atom is 0.124 e. The van der Waals surface area contributed by atoms with Crippen molar-refractivity contribution < 1.29 is 9.84 Å². The van der Waals surface area contributed by atoms with Crippen molar-refractivity contribution in [3.8, 4) is 5.75 Å². The molecule has 1 aromatic rings. The van der Waals surface area contributed by atoms with Crippen LogP contribution in [-0.2, 0) is 0 Å². The van der Waals surface area contributed by atoms with E-state index in [2.05, 4.69) is 0 Å². The SMILES string of the molecule is CCC(C)(O)COc1cc(C)ccc1[C@H](C)N. The normalized spacial score (nSPS) is 16.4. The zero-order chi connectivity index (χ0) is 13.1. The summed E-state index contributed by atoms with van der Waals surface area (Å²) in [5.74, 6) is 0.772. The van der Waals surface area contributed by atoms with Gasteiger partial charge in [-0.05, 0) is 38.8 Å². The Hall–Kier alpha value is -1.06. The Labute approximate surface area is 104 Å². The molecule has 17 heavy (non-hydrogen) atoms. The highest BCUT2D eigenvalue weighted by atomic mass is 16.5. The zero-order valence-corrected chi connectivity index (χ0v) is 11.2. The molecule has 0 bridgehead atoms. The fourth-order valence-electron chi connectivity index (χ4n) is 1.48. The van der Waals surface area contributed by atoms with Crippen LogP contribution in [0.4, 0.5) is 0 Å². The molecular formula is C14H23NO2. The molecule has 3 nitrogen and oxygen atoms in total. The lowest BCUT2D eigenvalue weighted by Gasteiger charge is -2.23. The second-order valence-corrected chi connectivity index (χ2v) is 4.97. The minimum Gasteiger partial charge on any atom is -0.490 e. The van der Waals surface area contributed by atoms with E-state index in [4.69, 9.17) is 10.5 Å².